The van der Waals surface area contributed by atoms with Crippen LogP contribution in [0.15, 0.2) is 65.8 Å². The van der Waals surface area contributed by atoms with Gasteiger partial charge in [0.15, 0.2) is 0 Å². The summed E-state index contributed by atoms with van der Waals surface area (Å²) >= 11 is 0. The first-order chi connectivity index (χ1) is 16.7. The van der Waals surface area contributed by atoms with Gasteiger partial charge in [0.25, 0.3) is 5.56 Å². The maximum absolute atomic E-state index is 14.0. The zero-order valence-corrected chi connectivity index (χ0v) is 19.4. The van der Waals surface area contributed by atoms with Crippen LogP contribution in [0.3, 0.4) is 0 Å². The highest BCUT2D eigenvalue weighted by atomic mass is 19.3. The Hall–Kier alpha value is -4.27. The molecule has 0 radical (unpaired) electrons. The second-order valence-electron chi connectivity index (χ2n) is 8.65. The van der Waals surface area contributed by atoms with Crippen LogP contribution in [0.1, 0.15) is 25.3 Å². The molecule has 0 aliphatic carbocycles. The number of nitrogens with two attached hydrogens (primary N) is 1. The van der Waals surface area contributed by atoms with Crippen LogP contribution < -0.4 is 16.0 Å². The lowest BCUT2D eigenvalue weighted by Crippen LogP contribution is -2.23. The molecule has 3 aromatic heterocycles. The van der Waals surface area contributed by atoms with E-state index in [2.05, 4.69) is 14.7 Å². The van der Waals surface area contributed by atoms with E-state index < -0.39 is 6.61 Å². The van der Waals surface area contributed by atoms with Gasteiger partial charge < -0.3 is 15.0 Å². The molecule has 0 spiro atoms. The number of fused-ring (bicyclic) bond motifs is 2. The van der Waals surface area contributed by atoms with Gasteiger partial charge in [0.2, 0.25) is 0 Å². The Bertz CT molecular complexity index is 1620. The summed E-state index contributed by atoms with van der Waals surface area (Å²) in [6.45, 7) is 1.12. The quantitative estimate of drug-likeness (QED) is 0.375. The second-order valence-corrected chi connectivity index (χ2v) is 8.65. The number of halogens is 2. The first kappa shape index (κ1) is 22.5. The van der Waals surface area contributed by atoms with Gasteiger partial charge in [-0.3, -0.25) is 14.3 Å². The average molecular weight is 475 g/mol. The van der Waals surface area contributed by atoms with E-state index in [9.17, 15) is 13.6 Å². The van der Waals surface area contributed by atoms with Crippen LogP contribution in [0, 0.1) is 0 Å². The first-order valence-electron chi connectivity index (χ1n) is 11.1. The van der Waals surface area contributed by atoms with E-state index >= 15 is 0 Å². The number of nitrogen functional groups attached to an aromatic ring is 1. The number of anilines is 1. The molecule has 0 aliphatic heterocycles. The van der Waals surface area contributed by atoms with Gasteiger partial charge in [0.05, 0.1) is 34.1 Å². The molecule has 0 amide bonds. The Balaban J connectivity index is 1.81. The molecule has 7 nitrogen and oxygen atoms in total. The largest absolute Gasteiger partial charge is 0.435 e. The molecule has 5 aromatic rings. The molecule has 0 fully saturated rings. The van der Waals surface area contributed by atoms with Crippen LogP contribution in [-0.2, 0) is 7.05 Å². The van der Waals surface area contributed by atoms with E-state index in [0.717, 1.165) is 16.6 Å². The van der Waals surface area contributed by atoms with E-state index in [1.807, 2.05) is 43.7 Å². The summed E-state index contributed by atoms with van der Waals surface area (Å²) in [6.07, 6.45) is 3.46. The summed E-state index contributed by atoms with van der Waals surface area (Å²) in [5, 5.41) is 0. The SMILES string of the molecule is CC(C)c1cnc2c(N)c(-c3ccc4ncn(C)c4c3)c(=O)n(-c3ccc(OC(F)F)cc3)c2c1. The molecule has 0 aliphatic rings. The van der Waals surface area contributed by atoms with Crippen molar-refractivity contribution in [3.8, 4) is 22.6 Å². The third kappa shape index (κ3) is 3.88. The van der Waals surface area contributed by atoms with Crippen molar-refractivity contribution in [2.75, 3.05) is 5.73 Å². The number of nitrogens with zero attached hydrogens (tertiary/aromatic N) is 4. The second kappa shape index (κ2) is 8.50. The van der Waals surface area contributed by atoms with Crippen LogP contribution in [0.4, 0.5) is 14.5 Å². The molecule has 0 unspecified atom stereocenters. The Morgan fingerprint density at radius 1 is 1.00 bits per heavy atom. The Kier molecular flexibility index (Phi) is 5.47. The van der Waals surface area contributed by atoms with Crippen molar-refractivity contribution in [1.82, 2.24) is 19.1 Å². The van der Waals surface area contributed by atoms with Crippen LogP contribution in [0.2, 0.25) is 0 Å². The predicted molar refractivity (Wildman–Crippen MR) is 132 cm³/mol. The summed E-state index contributed by atoms with van der Waals surface area (Å²) in [4.78, 5) is 22.9. The lowest BCUT2D eigenvalue weighted by Gasteiger charge is -2.17. The first-order valence-corrected chi connectivity index (χ1v) is 11.1. The molecule has 0 saturated carbocycles. The van der Waals surface area contributed by atoms with E-state index in [1.165, 1.54) is 16.7 Å². The third-order valence-electron chi connectivity index (χ3n) is 6.07. The van der Waals surface area contributed by atoms with E-state index in [-0.39, 0.29) is 22.9 Å². The minimum atomic E-state index is -2.94. The highest BCUT2D eigenvalue weighted by molar-refractivity contribution is 5.98. The summed E-state index contributed by atoms with van der Waals surface area (Å²) in [5.41, 5.74) is 11.5. The number of aryl methyl sites for hydroxylation is 1. The fraction of sp³-hybridized carbons (Fsp3) is 0.192. The summed E-state index contributed by atoms with van der Waals surface area (Å²) in [7, 11) is 1.87. The summed E-state index contributed by atoms with van der Waals surface area (Å²) in [5.74, 6) is 0.171. The highest BCUT2D eigenvalue weighted by Gasteiger charge is 2.20. The number of benzene rings is 2. The van der Waals surface area contributed by atoms with Gasteiger partial charge in [-0.05, 0) is 59.5 Å². The number of pyridine rings is 2. The van der Waals surface area contributed by atoms with Gasteiger partial charge in [-0.15, -0.1) is 0 Å². The molecule has 0 saturated heterocycles. The average Bonchev–Trinajstić information content (AvgIpc) is 3.19. The molecule has 3 heterocycles. The van der Waals surface area contributed by atoms with Crippen LogP contribution in [0.5, 0.6) is 5.75 Å². The Labute approximate surface area is 199 Å². The van der Waals surface area contributed by atoms with Gasteiger partial charge in [-0.2, -0.15) is 8.78 Å². The maximum atomic E-state index is 14.0. The standard InChI is InChI=1S/C26H23F2N5O2/c1-14(2)16-11-21-24(30-12-16)23(29)22(15-4-9-19-20(10-15)32(3)13-31-19)25(34)33(21)17-5-7-18(8-6-17)35-26(27)28/h4-14,26H,29H2,1-3H3. The number of hydrogen-bond acceptors (Lipinski definition) is 5. The molecule has 9 heteroatoms. The van der Waals surface area contributed by atoms with E-state index in [4.69, 9.17) is 5.73 Å². The van der Waals surface area contributed by atoms with Crippen molar-refractivity contribution in [3.63, 3.8) is 0 Å². The highest BCUT2D eigenvalue weighted by Crippen LogP contribution is 2.33. The normalized spacial score (nSPS) is 11.7. The summed E-state index contributed by atoms with van der Waals surface area (Å²) < 4.78 is 33.1. The lowest BCUT2D eigenvalue weighted by molar-refractivity contribution is -0.0498. The molecule has 5 rings (SSSR count). The van der Waals surface area contributed by atoms with Gasteiger partial charge in [-0.1, -0.05) is 19.9 Å². The molecule has 2 aromatic carbocycles. The van der Waals surface area contributed by atoms with Crippen molar-refractivity contribution in [3.05, 3.63) is 77.0 Å². The molecule has 178 valence electrons. The molecule has 35 heavy (non-hydrogen) atoms. The van der Waals surface area contributed by atoms with Crippen LogP contribution in [0.25, 0.3) is 38.9 Å². The fourth-order valence-electron chi connectivity index (χ4n) is 4.21. The molecule has 2 N–H and O–H groups in total. The molecule has 0 atom stereocenters. The number of aromatic nitrogens is 4. The molecule has 0 bridgehead atoms. The van der Waals surface area contributed by atoms with Gasteiger partial charge in [-0.25, -0.2) is 4.98 Å². The zero-order valence-electron chi connectivity index (χ0n) is 19.4. The molecular weight excluding hydrogens is 452 g/mol. The Morgan fingerprint density at radius 2 is 1.74 bits per heavy atom. The number of hydrogen-bond donors (Lipinski definition) is 1. The summed E-state index contributed by atoms with van der Waals surface area (Å²) in [6, 6.07) is 13.3. The maximum Gasteiger partial charge on any atom is 0.387 e. The molecular formula is C26H23F2N5O2. The number of alkyl halides is 2. The third-order valence-corrected chi connectivity index (χ3v) is 6.07. The minimum absolute atomic E-state index is 0.000531. The van der Waals surface area contributed by atoms with Crippen molar-refractivity contribution in [2.45, 2.75) is 26.4 Å². The van der Waals surface area contributed by atoms with Crippen LogP contribution >= 0.6 is 0 Å². The van der Waals surface area contributed by atoms with Crippen molar-refractivity contribution < 1.29 is 13.5 Å². The lowest BCUT2D eigenvalue weighted by atomic mass is 10.0. The van der Waals surface area contributed by atoms with Crippen LogP contribution in [-0.4, -0.2) is 25.7 Å². The van der Waals surface area contributed by atoms with Gasteiger partial charge in [0, 0.05) is 18.9 Å². The number of rotatable bonds is 5. The number of imidazole rings is 1. The monoisotopic (exact) mass is 475 g/mol. The zero-order chi connectivity index (χ0) is 24.9. The van der Waals surface area contributed by atoms with Crippen molar-refractivity contribution >= 4 is 27.8 Å². The van der Waals surface area contributed by atoms with Gasteiger partial charge >= 0.3 is 6.61 Å². The van der Waals surface area contributed by atoms with Crippen molar-refractivity contribution in [2.24, 2.45) is 7.05 Å². The van der Waals surface area contributed by atoms with Crippen molar-refractivity contribution in [1.29, 1.82) is 0 Å². The topological polar surface area (TPSA) is 88.0 Å². The minimum Gasteiger partial charge on any atom is -0.435 e. The number of ether oxygens (including phenoxy) is 1. The fourth-order valence-corrected chi connectivity index (χ4v) is 4.21. The van der Waals surface area contributed by atoms with E-state index in [0.29, 0.717) is 27.8 Å². The smallest absolute Gasteiger partial charge is 0.387 e. The predicted octanol–water partition coefficient (Wildman–Crippen LogP) is 5.25. The Morgan fingerprint density at radius 3 is 2.43 bits per heavy atom. The van der Waals surface area contributed by atoms with E-state index in [1.54, 1.807) is 30.7 Å². The van der Waals surface area contributed by atoms with Gasteiger partial charge in [0.1, 0.15) is 11.3 Å².